The molecule has 7 nitrogen and oxygen atoms in total. The number of carbonyl (C=O) groups is 1. The van der Waals surface area contributed by atoms with Crippen LogP contribution in [0.5, 0.6) is 5.75 Å². The van der Waals surface area contributed by atoms with E-state index < -0.39 is 0 Å². The first-order valence-corrected chi connectivity index (χ1v) is 9.04. The molecule has 0 spiro atoms. The lowest BCUT2D eigenvalue weighted by Gasteiger charge is -2.35. The lowest BCUT2D eigenvalue weighted by atomic mass is 10.1. The van der Waals surface area contributed by atoms with Crippen LogP contribution in [0, 0.1) is 6.92 Å². The van der Waals surface area contributed by atoms with E-state index in [0.717, 1.165) is 30.9 Å². The van der Waals surface area contributed by atoms with Crippen LogP contribution < -0.4 is 4.74 Å². The number of piperazine rings is 1. The van der Waals surface area contributed by atoms with Crippen molar-refractivity contribution in [1.29, 1.82) is 0 Å². The molecule has 1 amide bonds. The molecule has 0 unspecified atom stereocenters. The third-order valence-corrected chi connectivity index (χ3v) is 4.72. The van der Waals surface area contributed by atoms with Crippen LogP contribution in [0.4, 0.5) is 0 Å². The molecule has 1 aliphatic heterocycles. The molecule has 0 radical (unpaired) electrons. The summed E-state index contributed by atoms with van der Waals surface area (Å²) in [4.78, 5) is 20.7. The summed E-state index contributed by atoms with van der Waals surface area (Å²) in [6.07, 6.45) is 0.878. The van der Waals surface area contributed by atoms with Gasteiger partial charge in [-0.3, -0.25) is 9.69 Å². The summed E-state index contributed by atoms with van der Waals surface area (Å²) in [5.74, 6) is 2.07. The molecule has 1 aromatic carbocycles. The Morgan fingerprint density at radius 3 is 2.73 bits per heavy atom. The Balaban J connectivity index is 1.48. The van der Waals surface area contributed by atoms with Gasteiger partial charge in [0.25, 0.3) is 0 Å². The minimum absolute atomic E-state index is 0.126. The number of nitrogens with zero attached hydrogens (tertiary/aromatic N) is 4. The molecule has 140 valence electrons. The van der Waals surface area contributed by atoms with Gasteiger partial charge in [-0.15, -0.1) is 0 Å². The van der Waals surface area contributed by atoms with E-state index in [9.17, 15) is 4.79 Å². The number of rotatable bonds is 6. The molecule has 1 saturated heterocycles. The summed E-state index contributed by atoms with van der Waals surface area (Å²) in [5.41, 5.74) is 1.06. The van der Waals surface area contributed by atoms with E-state index in [4.69, 9.17) is 20.9 Å². The summed E-state index contributed by atoms with van der Waals surface area (Å²) in [7, 11) is 1.66. The van der Waals surface area contributed by atoms with Crippen LogP contribution in [0.2, 0.25) is 5.02 Å². The number of aryl methyl sites for hydroxylation is 2. The van der Waals surface area contributed by atoms with Crippen LogP contribution in [0.3, 0.4) is 0 Å². The normalized spacial score (nSPS) is 15.3. The van der Waals surface area contributed by atoms with Gasteiger partial charge in [0.2, 0.25) is 11.8 Å². The average Bonchev–Trinajstić information content (AvgIpc) is 3.06. The number of halogens is 1. The quantitative estimate of drug-likeness (QED) is 0.768. The van der Waals surface area contributed by atoms with Gasteiger partial charge < -0.3 is 14.2 Å². The maximum atomic E-state index is 12.4. The lowest BCUT2D eigenvalue weighted by Crippen LogP contribution is -2.48. The Morgan fingerprint density at radius 1 is 1.31 bits per heavy atom. The predicted octanol–water partition coefficient (Wildman–Crippen LogP) is 2.32. The van der Waals surface area contributed by atoms with Crippen molar-refractivity contribution in [2.75, 3.05) is 33.3 Å². The van der Waals surface area contributed by atoms with E-state index in [0.29, 0.717) is 42.7 Å². The highest BCUT2D eigenvalue weighted by molar-refractivity contribution is 6.30. The molecule has 1 aliphatic rings. The second-order valence-electron chi connectivity index (χ2n) is 6.35. The van der Waals surface area contributed by atoms with Crippen LogP contribution in [0.25, 0.3) is 0 Å². The SMILES string of the molecule is COc1ccc(Cl)cc1CN1CCN(C(=O)CCc2nc(C)no2)CC1. The number of amides is 1. The van der Waals surface area contributed by atoms with Crippen LogP contribution in [-0.4, -0.2) is 59.1 Å². The highest BCUT2D eigenvalue weighted by atomic mass is 35.5. The third kappa shape index (κ3) is 4.74. The number of ether oxygens (including phenoxy) is 1. The second kappa shape index (κ2) is 8.51. The first kappa shape index (κ1) is 18.7. The maximum absolute atomic E-state index is 12.4. The summed E-state index contributed by atoms with van der Waals surface area (Å²) < 4.78 is 10.5. The van der Waals surface area contributed by atoms with Crippen molar-refractivity contribution in [2.24, 2.45) is 0 Å². The summed E-state index contributed by atoms with van der Waals surface area (Å²) in [6.45, 7) is 5.59. The molecule has 3 rings (SSSR count). The van der Waals surface area contributed by atoms with Crippen molar-refractivity contribution in [2.45, 2.75) is 26.3 Å². The molecule has 1 fully saturated rings. The van der Waals surface area contributed by atoms with E-state index in [-0.39, 0.29) is 5.91 Å². The van der Waals surface area contributed by atoms with E-state index in [2.05, 4.69) is 15.0 Å². The van der Waals surface area contributed by atoms with Crippen molar-refractivity contribution in [3.8, 4) is 5.75 Å². The zero-order chi connectivity index (χ0) is 18.5. The topological polar surface area (TPSA) is 71.7 Å². The standard InChI is InChI=1S/C18H23ClN4O3/c1-13-20-17(26-21-13)5-6-18(24)23-9-7-22(8-10-23)12-14-11-15(19)3-4-16(14)25-2/h3-4,11H,5-10,12H2,1-2H3. The number of hydrogen-bond acceptors (Lipinski definition) is 6. The molecule has 2 heterocycles. The Labute approximate surface area is 157 Å². The van der Waals surface area contributed by atoms with Crippen molar-refractivity contribution in [1.82, 2.24) is 19.9 Å². The van der Waals surface area contributed by atoms with Gasteiger partial charge in [0.05, 0.1) is 7.11 Å². The zero-order valence-electron chi connectivity index (χ0n) is 15.1. The van der Waals surface area contributed by atoms with Gasteiger partial charge in [0.1, 0.15) is 5.75 Å². The van der Waals surface area contributed by atoms with Crippen LogP contribution >= 0.6 is 11.6 Å². The minimum atomic E-state index is 0.126. The van der Waals surface area contributed by atoms with Crippen molar-refractivity contribution < 1.29 is 14.1 Å². The summed E-state index contributed by atoms with van der Waals surface area (Å²) in [6, 6.07) is 5.65. The lowest BCUT2D eigenvalue weighted by molar-refractivity contribution is -0.133. The second-order valence-corrected chi connectivity index (χ2v) is 6.78. The fraction of sp³-hybridized carbons (Fsp3) is 0.500. The van der Waals surface area contributed by atoms with E-state index in [1.165, 1.54) is 0 Å². The van der Waals surface area contributed by atoms with Crippen molar-refractivity contribution >= 4 is 17.5 Å². The number of benzene rings is 1. The Morgan fingerprint density at radius 2 is 2.08 bits per heavy atom. The number of carbonyl (C=O) groups excluding carboxylic acids is 1. The van der Waals surface area contributed by atoms with Gasteiger partial charge in [-0.1, -0.05) is 16.8 Å². The van der Waals surface area contributed by atoms with Gasteiger partial charge in [-0.25, -0.2) is 0 Å². The largest absolute Gasteiger partial charge is 0.496 e. The maximum Gasteiger partial charge on any atom is 0.227 e. The monoisotopic (exact) mass is 378 g/mol. The highest BCUT2D eigenvalue weighted by Gasteiger charge is 2.22. The van der Waals surface area contributed by atoms with Crippen LogP contribution in [0.1, 0.15) is 23.7 Å². The highest BCUT2D eigenvalue weighted by Crippen LogP contribution is 2.24. The zero-order valence-corrected chi connectivity index (χ0v) is 15.8. The first-order chi connectivity index (χ1) is 12.5. The fourth-order valence-electron chi connectivity index (χ4n) is 3.08. The van der Waals surface area contributed by atoms with Crippen molar-refractivity contribution in [3.05, 3.63) is 40.5 Å². The van der Waals surface area contributed by atoms with Crippen molar-refractivity contribution in [3.63, 3.8) is 0 Å². The van der Waals surface area contributed by atoms with E-state index in [1.54, 1.807) is 14.0 Å². The number of methoxy groups -OCH3 is 1. The third-order valence-electron chi connectivity index (χ3n) is 4.48. The van der Waals surface area contributed by atoms with Gasteiger partial charge >= 0.3 is 0 Å². The predicted molar refractivity (Wildman–Crippen MR) is 97.2 cm³/mol. The number of aromatic nitrogens is 2. The van der Waals surface area contributed by atoms with E-state index in [1.807, 2.05) is 23.1 Å². The Bertz CT molecular complexity index is 757. The Hall–Kier alpha value is -2.12. The van der Waals surface area contributed by atoms with Crippen LogP contribution in [0.15, 0.2) is 22.7 Å². The average molecular weight is 379 g/mol. The number of hydrogen-bond donors (Lipinski definition) is 0. The molecule has 0 atom stereocenters. The smallest absolute Gasteiger partial charge is 0.227 e. The molecule has 26 heavy (non-hydrogen) atoms. The first-order valence-electron chi connectivity index (χ1n) is 8.67. The molecule has 2 aromatic rings. The summed E-state index contributed by atoms with van der Waals surface area (Å²) in [5, 5.41) is 4.44. The molecule has 0 N–H and O–H groups in total. The van der Waals surface area contributed by atoms with Gasteiger partial charge in [-0.05, 0) is 25.1 Å². The molecular weight excluding hydrogens is 356 g/mol. The van der Waals surface area contributed by atoms with Crippen LogP contribution in [-0.2, 0) is 17.8 Å². The van der Waals surface area contributed by atoms with Gasteiger partial charge in [0.15, 0.2) is 5.82 Å². The minimum Gasteiger partial charge on any atom is -0.496 e. The van der Waals surface area contributed by atoms with Gasteiger partial charge in [-0.2, -0.15) is 4.98 Å². The van der Waals surface area contributed by atoms with Gasteiger partial charge in [0, 0.05) is 56.2 Å². The molecule has 8 heteroatoms. The molecule has 0 bridgehead atoms. The fourth-order valence-corrected chi connectivity index (χ4v) is 3.28. The molecular formula is C18H23ClN4O3. The summed E-state index contributed by atoms with van der Waals surface area (Å²) >= 11 is 6.10. The molecule has 1 aromatic heterocycles. The Kier molecular flexibility index (Phi) is 6.11. The molecule has 0 saturated carbocycles. The van der Waals surface area contributed by atoms with E-state index >= 15 is 0 Å². The molecule has 0 aliphatic carbocycles.